The second kappa shape index (κ2) is 9.12. The molecule has 0 rings (SSSR count). The van der Waals surface area contributed by atoms with Crippen LogP contribution in [0.15, 0.2) is 0 Å². The van der Waals surface area contributed by atoms with E-state index in [4.69, 9.17) is 15.3 Å². The molecule has 0 aliphatic carbocycles. The van der Waals surface area contributed by atoms with E-state index in [1.165, 1.54) is 0 Å². The Kier molecular flexibility index (Phi) is 24.3. The Morgan fingerprint density at radius 3 is 1.33 bits per heavy atom. The van der Waals surface area contributed by atoms with Crippen LogP contribution in [0.4, 0.5) is 0 Å². The normalized spacial score (nSPS) is 4.00. The van der Waals surface area contributed by atoms with Gasteiger partial charge in [-0.15, -0.1) is 0 Å². The summed E-state index contributed by atoms with van der Waals surface area (Å²) in [5.74, 6) is 0. The first kappa shape index (κ1) is 16.0. The average Bonchev–Trinajstić information content (AvgIpc) is 0.811. The Morgan fingerprint density at radius 1 is 1.33 bits per heavy atom. The molecular weight excluding hydrogens is 88.0 g/mol. The van der Waals surface area contributed by atoms with Crippen LogP contribution in [0.3, 0.4) is 0 Å². The van der Waals surface area contributed by atoms with Crippen molar-refractivity contribution in [2.75, 3.05) is 0 Å². The minimum Gasteiger partial charge on any atom is -0.356 e. The summed E-state index contributed by atoms with van der Waals surface area (Å²) in [6, 6.07) is 0. The van der Waals surface area contributed by atoms with Crippen LogP contribution in [0.5, 0.6) is 0 Å². The van der Waals surface area contributed by atoms with Crippen LogP contribution in [0, 0.1) is 15.3 Å². The van der Waals surface area contributed by atoms with E-state index < -0.39 is 5.09 Å². The molecule has 0 aliphatic rings. The SMILES string of the molecule is O=[N+]([O-])[O-].[3S].[Na+]. The van der Waals surface area contributed by atoms with E-state index >= 15 is 0 Å². The van der Waals surface area contributed by atoms with Crippen LogP contribution in [0.1, 0.15) is 0 Å². The summed E-state index contributed by atoms with van der Waals surface area (Å²) in [4.78, 5) is 8.25. The largest absolute Gasteiger partial charge is 1.00 e. The molecule has 0 unspecified atom stereocenters. The van der Waals surface area contributed by atoms with Crippen molar-refractivity contribution >= 4 is 13.5 Å². The van der Waals surface area contributed by atoms with Gasteiger partial charge in [0, 0.05) is 13.5 Å². The van der Waals surface area contributed by atoms with Crippen molar-refractivity contribution < 1.29 is 34.6 Å². The van der Waals surface area contributed by atoms with E-state index in [1.807, 2.05) is 0 Å². The van der Waals surface area contributed by atoms with Crippen LogP contribution in [-0.4, -0.2) is 5.09 Å². The van der Waals surface area contributed by atoms with Crippen molar-refractivity contribution in [3.05, 3.63) is 15.3 Å². The zero-order chi connectivity index (χ0) is 3.58. The van der Waals surface area contributed by atoms with E-state index in [0.29, 0.717) is 0 Å². The van der Waals surface area contributed by atoms with Crippen molar-refractivity contribution in [2.24, 2.45) is 0 Å². The smallest absolute Gasteiger partial charge is 0.356 e. The Bertz CT molecular complexity index is 33.8. The van der Waals surface area contributed by atoms with Gasteiger partial charge in [0.1, 0.15) is 0 Å². The van der Waals surface area contributed by atoms with Gasteiger partial charge in [0.2, 0.25) is 0 Å². The van der Waals surface area contributed by atoms with Gasteiger partial charge in [-0.1, -0.05) is 0 Å². The van der Waals surface area contributed by atoms with Crippen LogP contribution in [-0.2, 0) is 0 Å². The molecule has 6 heavy (non-hydrogen) atoms. The average molecular weight is 88.0 g/mol. The Balaban J connectivity index is -0.0000000450. The Labute approximate surface area is 63.4 Å². The van der Waals surface area contributed by atoms with Gasteiger partial charge >= 0.3 is 29.6 Å². The van der Waals surface area contributed by atoms with E-state index in [0.717, 1.165) is 0 Å². The first-order valence-corrected chi connectivity index (χ1v) is 0.548. The monoisotopic (exact) mass is 88.0 g/mol. The van der Waals surface area contributed by atoms with Gasteiger partial charge in [-0.2, -0.15) is 0 Å². The quantitative estimate of drug-likeness (QED) is 0.185. The third-order valence-corrected chi connectivity index (χ3v) is 0. The third kappa shape index (κ3) is 190. The van der Waals surface area contributed by atoms with E-state index in [-0.39, 0.29) is 43.1 Å². The molecule has 0 aromatic heterocycles. The molecule has 0 saturated heterocycles. The summed E-state index contributed by atoms with van der Waals surface area (Å²) in [7, 11) is 0. The molecule has 0 atom stereocenters. The summed E-state index contributed by atoms with van der Waals surface area (Å²) in [6.07, 6.45) is 0. The van der Waals surface area contributed by atoms with Crippen molar-refractivity contribution in [2.45, 2.75) is 0 Å². The predicted molar refractivity (Wildman–Crippen MR) is 18.0 cm³/mol. The van der Waals surface area contributed by atoms with E-state index in [2.05, 4.69) is 0 Å². The van der Waals surface area contributed by atoms with Gasteiger partial charge in [0.15, 0.2) is 0 Å². The Hall–Kier alpha value is 0.550. The van der Waals surface area contributed by atoms with Crippen LogP contribution >= 0.6 is 13.5 Å². The number of nitrogens with zero attached hydrogens (tertiary/aromatic N) is 1. The van der Waals surface area contributed by atoms with Crippen LogP contribution < -0.4 is 29.6 Å². The second-order valence-corrected chi connectivity index (χ2v) is 0.224. The van der Waals surface area contributed by atoms with Gasteiger partial charge in [0.25, 0.3) is 0 Å². The molecule has 0 aliphatic heterocycles. The van der Waals surface area contributed by atoms with Crippen molar-refractivity contribution in [3.63, 3.8) is 0 Å². The van der Waals surface area contributed by atoms with Gasteiger partial charge < -0.3 is 15.3 Å². The molecule has 0 spiro atoms. The summed E-state index contributed by atoms with van der Waals surface area (Å²) < 4.78 is 0. The van der Waals surface area contributed by atoms with Crippen molar-refractivity contribution in [1.82, 2.24) is 0 Å². The minimum absolute atomic E-state index is 0. The molecule has 0 aromatic carbocycles. The molecule has 30 valence electrons. The molecule has 2 radical (unpaired) electrons. The topological polar surface area (TPSA) is 66.2 Å². The molecule has 0 saturated carbocycles. The van der Waals surface area contributed by atoms with Gasteiger partial charge in [0.05, 0.1) is 5.09 Å². The summed E-state index contributed by atoms with van der Waals surface area (Å²) in [5.41, 5.74) is 0. The molecule has 4 nitrogen and oxygen atoms in total. The molecule has 6 heteroatoms. The maximum atomic E-state index is 8.25. The molecule has 0 heterocycles. The molecule has 0 N–H and O–H groups in total. The summed E-state index contributed by atoms with van der Waals surface area (Å²) in [6.45, 7) is 0. The van der Waals surface area contributed by atoms with Crippen LogP contribution in [0.2, 0.25) is 0 Å². The molecule has 0 fully saturated rings. The van der Waals surface area contributed by atoms with E-state index in [9.17, 15) is 0 Å². The zero-order valence-electron chi connectivity index (χ0n) is 3.08. The summed E-state index contributed by atoms with van der Waals surface area (Å²) >= 11 is 0. The molecular formula is NNaO3S. The maximum absolute atomic E-state index is 8.25. The van der Waals surface area contributed by atoms with Crippen molar-refractivity contribution in [1.29, 1.82) is 0 Å². The zero-order valence-corrected chi connectivity index (χ0v) is 5.90. The van der Waals surface area contributed by atoms with Gasteiger partial charge in [-0.05, 0) is 0 Å². The summed E-state index contributed by atoms with van der Waals surface area (Å²) in [5, 5.41) is 14.8. The van der Waals surface area contributed by atoms with Crippen LogP contribution in [0.25, 0.3) is 0 Å². The fraction of sp³-hybridized carbons (Fsp3) is 0. The fourth-order valence-electron chi connectivity index (χ4n) is 0. The van der Waals surface area contributed by atoms with Gasteiger partial charge in [-0.3, -0.25) is 0 Å². The number of hydrogen-bond donors (Lipinski definition) is 0. The minimum atomic E-state index is -1.75. The fourth-order valence-corrected chi connectivity index (χ4v) is 0. The third-order valence-electron chi connectivity index (χ3n) is 0. The maximum Gasteiger partial charge on any atom is 1.00 e. The number of hydrogen-bond acceptors (Lipinski definition) is 3. The predicted octanol–water partition coefficient (Wildman–Crippen LogP) is -2.59. The van der Waals surface area contributed by atoms with Crippen molar-refractivity contribution in [3.8, 4) is 0 Å². The number of rotatable bonds is 0. The first-order valence-electron chi connectivity index (χ1n) is 0.548. The Morgan fingerprint density at radius 2 is 1.33 bits per heavy atom. The standard InChI is InChI=1S/NO3.Na.S/c2-1(3)4;;/q-1;+1;/i;;1-29. The van der Waals surface area contributed by atoms with E-state index in [1.54, 1.807) is 0 Å². The second-order valence-electron chi connectivity index (χ2n) is 0.224. The molecule has 0 aromatic rings. The molecule has 0 bridgehead atoms. The first-order chi connectivity index (χ1) is 1.73. The molecule has 0 amide bonds. The van der Waals surface area contributed by atoms with Gasteiger partial charge in [-0.25, -0.2) is 0 Å².